The Morgan fingerprint density at radius 2 is 2.06 bits per heavy atom. The van der Waals surface area contributed by atoms with E-state index in [1.165, 1.54) is 0 Å². The number of nitrogens with zero attached hydrogens (tertiary/aromatic N) is 1. The third-order valence-corrected chi connectivity index (χ3v) is 3.97. The van der Waals surface area contributed by atoms with E-state index < -0.39 is 22.7 Å². The fourth-order valence-electron chi connectivity index (χ4n) is 1.35. The van der Waals surface area contributed by atoms with Crippen LogP contribution in [-0.2, 0) is 15.0 Å². The molecule has 17 heavy (non-hydrogen) atoms. The van der Waals surface area contributed by atoms with E-state index in [0.29, 0.717) is 19.0 Å². The largest absolute Gasteiger partial charge is 0.480 e. The number of carbonyl (C=O) groups is 1. The predicted octanol–water partition coefficient (Wildman–Crippen LogP) is 0.273. The fourth-order valence-corrected chi connectivity index (χ4v) is 2.76. The summed E-state index contributed by atoms with van der Waals surface area (Å²) in [6.07, 6.45) is 1.96. The molecule has 0 heterocycles. The van der Waals surface area contributed by atoms with Crippen molar-refractivity contribution < 1.29 is 18.3 Å². The molecule has 1 fully saturated rings. The maximum atomic E-state index is 11.9. The summed E-state index contributed by atoms with van der Waals surface area (Å²) in [6, 6.07) is 0. The van der Waals surface area contributed by atoms with Gasteiger partial charge < -0.3 is 5.11 Å². The highest BCUT2D eigenvalue weighted by molar-refractivity contribution is 7.87. The van der Waals surface area contributed by atoms with E-state index in [1.807, 2.05) is 13.8 Å². The van der Waals surface area contributed by atoms with Crippen molar-refractivity contribution in [3.05, 3.63) is 0 Å². The second-order valence-corrected chi connectivity index (χ2v) is 6.63. The van der Waals surface area contributed by atoms with E-state index in [0.717, 1.165) is 17.1 Å². The zero-order chi connectivity index (χ0) is 13.1. The van der Waals surface area contributed by atoms with Gasteiger partial charge in [0.2, 0.25) is 0 Å². The highest BCUT2D eigenvalue weighted by Crippen LogP contribution is 2.30. The molecule has 0 radical (unpaired) electrons. The Kier molecular flexibility index (Phi) is 4.91. The Hall–Kier alpha value is -0.660. The highest BCUT2D eigenvalue weighted by atomic mass is 32.2. The predicted molar refractivity (Wildman–Crippen MR) is 63.7 cm³/mol. The van der Waals surface area contributed by atoms with Gasteiger partial charge in [-0.3, -0.25) is 4.79 Å². The number of carboxylic acids is 1. The molecule has 2 N–H and O–H groups in total. The van der Waals surface area contributed by atoms with Crippen LogP contribution in [0.2, 0.25) is 0 Å². The van der Waals surface area contributed by atoms with E-state index in [2.05, 4.69) is 4.72 Å². The van der Waals surface area contributed by atoms with Crippen LogP contribution in [0.1, 0.15) is 26.7 Å². The maximum Gasteiger partial charge on any atom is 0.318 e. The van der Waals surface area contributed by atoms with Crippen molar-refractivity contribution in [1.82, 2.24) is 9.03 Å². The molecule has 0 atom stereocenters. The lowest BCUT2D eigenvalue weighted by Crippen LogP contribution is -2.45. The smallest absolute Gasteiger partial charge is 0.318 e. The highest BCUT2D eigenvalue weighted by Gasteiger charge is 2.31. The molecule has 1 saturated carbocycles. The molecule has 100 valence electrons. The quantitative estimate of drug-likeness (QED) is 0.659. The second kappa shape index (κ2) is 5.79. The molecule has 0 aromatic heterocycles. The van der Waals surface area contributed by atoms with Gasteiger partial charge in [0.05, 0.1) is 0 Å². The number of hydrogen-bond acceptors (Lipinski definition) is 3. The Bertz CT molecular complexity index is 363. The van der Waals surface area contributed by atoms with Crippen LogP contribution in [-0.4, -0.2) is 43.4 Å². The van der Waals surface area contributed by atoms with Gasteiger partial charge in [-0.25, -0.2) is 4.72 Å². The molecule has 0 amide bonds. The van der Waals surface area contributed by atoms with Gasteiger partial charge >= 0.3 is 5.97 Å². The van der Waals surface area contributed by atoms with Gasteiger partial charge in [-0.2, -0.15) is 12.7 Å². The van der Waals surface area contributed by atoms with E-state index in [1.54, 1.807) is 0 Å². The summed E-state index contributed by atoms with van der Waals surface area (Å²) in [5, 5.41) is 8.72. The number of aliphatic carboxylic acids is 1. The molecule has 6 nitrogen and oxygen atoms in total. The lowest BCUT2D eigenvalue weighted by Gasteiger charge is -2.21. The lowest BCUT2D eigenvalue weighted by molar-refractivity contribution is -0.137. The van der Waals surface area contributed by atoms with Crippen molar-refractivity contribution >= 4 is 16.2 Å². The summed E-state index contributed by atoms with van der Waals surface area (Å²) in [5.74, 6) is -0.608. The first kappa shape index (κ1) is 14.4. The Morgan fingerprint density at radius 1 is 1.47 bits per heavy atom. The van der Waals surface area contributed by atoms with E-state index in [4.69, 9.17) is 5.11 Å². The van der Waals surface area contributed by atoms with Crippen molar-refractivity contribution in [2.45, 2.75) is 26.7 Å². The standard InChI is InChI=1S/C10H20N2O4S/c1-8(2)5-11-17(15,16)12(7-10(13)14)6-9-3-4-9/h8-9,11H,3-7H2,1-2H3,(H,13,14). The van der Waals surface area contributed by atoms with Gasteiger partial charge in [-0.15, -0.1) is 0 Å². The Morgan fingerprint density at radius 3 is 2.47 bits per heavy atom. The van der Waals surface area contributed by atoms with Crippen molar-refractivity contribution in [3.8, 4) is 0 Å². The molecular weight excluding hydrogens is 244 g/mol. The van der Waals surface area contributed by atoms with Crippen LogP contribution in [0.3, 0.4) is 0 Å². The first-order chi connectivity index (χ1) is 7.81. The molecule has 0 aromatic carbocycles. The zero-order valence-electron chi connectivity index (χ0n) is 10.2. The summed E-state index contributed by atoms with van der Waals surface area (Å²) >= 11 is 0. The van der Waals surface area contributed by atoms with Crippen molar-refractivity contribution in [2.75, 3.05) is 19.6 Å². The Labute approximate surface area is 102 Å². The van der Waals surface area contributed by atoms with Crippen molar-refractivity contribution in [3.63, 3.8) is 0 Å². The normalized spacial score (nSPS) is 16.7. The number of hydrogen-bond donors (Lipinski definition) is 2. The lowest BCUT2D eigenvalue weighted by atomic mass is 10.2. The zero-order valence-corrected chi connectivity index (χ0v) is 11.0. The fraction of sp³-hybridized carbons (Fsp3) is 0.900. The van der Waals surface area contributed by atoms with E-state index in [-0.39, 0.29) is 5.92 Å². The molecule has 0 unspecified atom stereocenters. The van der Waals surface area contributed by atoms with Gasteiger partial charge in [0, 0.05) is 13.1 Å². The summed E-state index contributed by atoms with van der Waals surface area (Å²) in [7, 11) is -3.67. The number of nitrogens with one attached hydrogen (secondary N) is 1. The Balaban J connectivity index is 2.61. The molecule has 7 heteroatoms. The SMILES string of the molecule is CC(C)CNS(=O)(=O)N(CC(=O)O)CC1CC1. The summed E-state index contributed by atoms with van der Waals surface area (Å²) in [5.41, 5.74) is 0. The third-order valence-electron chi connectivity index (χ3n) is 2.48. The van der Waals surface area contributed by atoms with Crippen molar-refractivity contribution in [1.29, 1.82) is 0 Å². The van der Waals surface area contributed by atoms with Gasteiger partial charge in [0.15, 0.2) is 0 Å². The summed E-state index contributed by atoms with van der Waals surface area (Å²) in [4.78, 5) is 10.7. The minimum absolute atomic E-state index is 0.192. The van der Waals surface area contributed by atoms with E-state index >= 15 is 0 Å². The van der Waals surface area contributed by atoms with E-state index in [9.17, 15) is 13.2 Å². The topological polar surface area (TPSA) is 86.7 Å². The molecule has 0 aliphatic heterocycles. The molecular formula is C10H20N2O4S. The second-order valence-electron chi connectivity index (χ2n) is 4.88. The van der Waals surface area contributed by atoms with Crippen molar-refractivity contribution in [2.24, 2.45) is 11.8 Å². The average molecular weight is 264 g/mol. The van der Waals surface area contributed by atoms with Gasteiger partial charge in [-0.1, -0.05) is 13.8 Å². The van der Waals surface area contributed by atoms with Gasteiger partial charge in [0.1, 0.15) is 6.54 Å². The molecule has 0 bridgehead atoms. The first-order valence-electron chi connectivity index (χ1n) is 5.78. The monoisotopic (exact) mass is 264 g/mol. The summed E-state index contributed by atoms with van der Waals surface area (Å²) in [6.45, 7) is 3.95. The van der Waals surface area contributed by atoms with Crippen LogP contribution < -0.4 is 4.72 Å². The average Bonchev–Trinajstić information content (AvgIpc) is 2.97. The van der Waals surface area contributed by atoms with Crippen LogP contribution in [0.5, 0.6) is 0 Å². The van der Waals surface area contributed by atoms with Gasteiger partial charge in [-0.05, 0) is 24.7 Å². The van der Waals surface area contributed by atoms with Crippen LogP contribution in [0.4, 0.5) is 0 Å². The maximum absolute atomic E-state index is 11.9. The molecule has 1 aliphatic rings. The molecule has 0 spiro atoms. The van der Waals surface area contributed by atoms with Crippen LogP contribution in [0.25, 0.3) is 0 Å². The van der Waals surface area contributed by atoms with Crippen LogP contribution in [0.15, 0.2) is 0 Å². The third kappa shape index (κ3) is 5.47. The van der Waals surface area contributed by atoms with Gasteiger partial charge in [0.25, 0.3) is 10.2 Å². The number of rotatable bonds is 8. The molecule has 1 aliphatic carbocycles. The van der Waals surface area contributed by atoms with Crippen LogP contribution in [0, 0.1) is 11.8 Å². The molecule has 0 aromatic rings. The summed E-state index contributed by atoms with van der Waals surface area (Å²) < 4.78 is 27.2. The van der Waals surface area contributed by atoms with Crippen LogP contribution >= 0.6 is 0 Å². The molecule has 1 rings (SSSR count). The first-order valence-corrected chi connectivity index (χ1v) is 7.22. The minimum atomic E-state index is -3.67. The number of carboxylic acid groups (broad SMARTS) is 1. The minimum Gasteiger partial charge on any atom is -0.480 e. The molecule has 0 saturated heterocycles.